The van der Waals surface area contributed by atoms with Crippen LogP contribution in [0.25, 0.3) is 0 Å². The van der Waals surface area contributed by atoms with E-state index in [0.29, 0.717) is 12.8 Å². The number of imide groups is 1. The maximum atomic E-state index is 11.7. The first-order chi connectivity index (χ1) is 6.97. The Bertz CT molecular complexity index is 247. The summed E-state index contributed by atoms with van der Waals surface area (Å²) in [4.78, 5) is 24.7. The van der Waals surface area contributed by atoms with Crippen LogP contribution in [0.5, 0.6) is 0 Å². The van der Waals surface area contributed by atoms with Crippen molar-refractivity contribution in [3.8, 4) is 0 Å². The Morgan fingerprint density at radius 3 is 2.20 bits per heavy atom. The molecule has 4 nitrogen and oxygen atoms in total. The third kappa shape index (κ3) is 2.56. The van der Waals surface area contributed by atoms with Gasteiger partial charge in [0.05, 0.1) is 0 Å². The zero-order valence-corrected chi connectivity index (χ0v) is 9.56. The summed E-state index contributed by atoms with van der Waals surface area (Å²) in [6, 6.07) is -0.206. The van der Waals surface area contributed by atoms with Crippen LogP contribution in [0.4, 0.5) is 0 Å². The number of piperidine rings is 1. The molecule has 0 aromatic carbocycles. The minimum atomic E-state index is -0.206. The Labute approximate surface area is 90.3 Å². The first-order valence-corrected chi connectivity index (χ1v) is 5.43. The van der Waals surface area contributed by atoms with Crippen LogP contribution >= 0.6 is 0 Å². The fraction of sp³-hybridized carbons (Fsp3) is 0.818. The van der Waals surface area contributed by atoms with Gasteiger partial charge in [-0.2, -0.15) is 0 Å². The molecule has 1 aliphatic heterocycles. The van der Waals surface area contributed by atoms with Crippen molar-refractivity contribution in [1.82, 2.24) is 4.90 Å². The second kappa shape index (κ2) is 4.75. The molecule has 0 bridgehead atoms. The molecule has 0 aromatic heterocycles. The second-order valence-electron chi connectivity index (χ2n) is 4.57. The van der Waals surface area contributed by atoms with Crippen LogP contribution in [0.1, 0.15) is 33.6 Å². The smallest absolute Gasteiger partial charge is 0.229 e. The number of likely N-dealkylation sites (tertiary alicyclic amines) is 1. The molecule has 2 unspecified atom stereocenters. The van der Waals surface area contributed by atoms with E-state index in [1.54, 1.807) is 0 Å². The van der Waals surface area contributed by atoms with E-state index < -0.39 is 0 Å². The number of nitrogens with zero attached hydrogens (tertiary/aromatic N) is 1. The normalized spacial score (nSPS) is 23.1. The van der Waals surface area contributed by atoms with Crippen LogP contribution in [-0.4, -0.2) is 34.5 Å². The first-order valence-electron chi connectivity index (χ1n) is 5.43. The molecule has 1 rings (SSSR count). The van der Waals surface area contributed by atoms with E-state index in [1.807, 2.05) is 20.8 Å². The molecule has 0 spiro atoms. The third-order valence-corrected chi connectivity index (χ3v) is 3.10. The molecule has 86 valence electrons. The minimum Gasteiger partial charge on any atom is -0.396 e. The Morgan fingerprint density at radius 2 is 1.80 bits per heavy atom. The largest absolute Gasteiger partial charge is 0.396 e. The van der Waals surface area contributed by atoms with Gasteiger partial charge >= 0.3 is 0 Å². The van der Waals surface area contributed by atoms with E-state index in [1.165, 1.54) is 4.90 Å². The molecular formula is C11H19NO3. The molecular weight excluding hydrogens is 194 g/mol. The SMILES string of the molecule is CC1CC(=O)N(C(C)C(C)CO)C(=O)C1. The van der Waals surface area contributed by atoms with Gasteiger partial charge < -0.3 is 5.11 Å². The zero-order chi connectivity index (χ0) is 11.6. The lowest BCUT2D eigenvalue weighted by Crippen LogP contribution is -2.50. The average molecular weight is 213 g/mol. The summed E-state index contributed by atoms with van der Waals surface area (Å²) >= 11 is 0. The van der Waals surface area contributed by atoms with Gasteiger partial charge in [0, 0.05) is 25.5 Å². The predicted octanol–water partition coefficient (Wildman–Crippen LogP) is 0.788. The quantitative estimate of drug-likeness (QED) is 0.705. The summed E-state index contributed by atoms with van der Waals surface area (Å²) < 4.78 is 0. The van der Waals surface area contributed by atoms with Crippen LogP contribution in [0.3, 0.4) is 0 Å². The van der Waals surface area contributed by atoms with Crippen LogP contribution in [0, 0.1) is 11.8 Å². The van der Waals surface area contributed by atoms with Gasteiger partial charge in [0.25, 0.3) is 0 Å². The molecule has 1 aliphatic rings. The number of rotatable bonds is 3. The van der Waals surface area contributed by atoms with E-state index >= 15 is 0 Å². The molecule has 1 N–H and O–H groups in total. The van der Waals surface area contributed by atoms with E-state index in [9.17, 15) is 9.59 Å². The molecule has 1 saturated heterocycles. The van der Waals surface area contributed by atoms with E-state index in [0.717, 1.165) is 0 Å². The Balaban J connectivity index is 2.75. The lowest BCUT2D eigenvalue weighted by atomic mass is 9.94. The summed E-state index contributed by atoms with van der Waals surface area (Å²) in [5.41, 5.74) is 0. The van der Waals surface area contributed by atoms with Gasteiger partial charge in [0.2, 0.25) is 11.8 Å². The van der Waals surface area contributed by atoms with E-state index in [-0.39, 0.29) is 36.3 Å². The topological polar surface area (TPSA) is 57.6 Å². The maximum absolute atomic E-state index is 11.7. The fourth-order valence-electron chi connectivity index (χ4n) is 1.87. The number of aliphatic hydroxyl groups excluding tert-OH is 1. The lowest BCUT2D eigenvalue weighted by molar-refractivity contribution is -0.153. The Morgan fingerprint density at radius 1 is 1.33 bits per heavy atom. The molecule has 15 heavy (non-hydrogen) atoms. The van der Waals surface area contributed by atoms with Gasteiger partial charge in [-0.1, -0.05) is 13.8 Å². The number of hydrogen-bond donors (Lipinski definition) is 1. The summed E-state index contributed by atoms with van der Waals surface area (Å²) in [7, 11) is 0. The number of amides is 2. The second-order valence-corrected chi connectivity index (χ2v) is 4.57. The summed E-state index contributed by atoms with van der Waals surface area (Å²) in [5.74, 6) is -0.123. The molecule has 2 amide bonds. The Kier molecular flexibility index (Phi) is 3.85. The summed E-state index contributed by atoms with van der Waals surface area (Å²) in [6.07, 6.45) is 0.877. The van der Waals surface area contributed by atoms with Gasteiger partial charge in [0.1, 0.15) is 0 Å². The van der Waals surface area contributed by atoms with Crippen molar-refractivity contribution < 1.29 is 14.7 Å². The Hall–Kier alpha value is -0.900. The van der Waals surface area contributed by atoms with Crippen LogP contribution in [-0.2, 0) is 9.59 Å². The van der Waals surface area contributed by atoms with Crippen molar-refractivity contribution in [3.05, 3.63) is 0 Å². The standard InChI is InChI=1S/C11H19NO3/c1-7-4-10(14)12(11(15)5-7)9(3)8(2)6-13/h7-9,13H,4-6H2,1-3H3. The predicted molar refractivity (Wildman–Crippen MR) is 56.0 cm³/mol. The first kappa shape index (κ1) is 12.2. The van der Waals surface area contributed by atoms with Crippen LogP contribution in [0.15, 0.2) is 0 Å². The van der Waals surface area contributed by atoms with Gasteiger partial charge in [0.15, 0.2) is 0 Å². The molecule has 0 aliphatic carbocycles. The van der Waals surface area contributed by atoms with Gasteiger partial charge in [-0.15, -0.1) is 0 Å². The molecule has 4 heteroatoms. The highest BCUT2D eigenvalue weighted by Gasteiger charge is 2.35. The van der Waals surface area contributed by atoms with Crippen LogP contribution < -0.4 is 0 Å². The van der Waals surface area contributed by atoms with Crippen molar-refractivity contribution in [2.24, 2.45) is 11.8 Å². The minimum absolute atomic E-state index is 0.00617. The zero-order valence-electron chi connectivity index (χ0n) is 9.56. The molecule has 0 saturated carbocycles. The highest BCUT2D eigenvalue weighted by Crippen LogP contribution is 2.23. The van der Waals surface area contributed by atoms with Crippen molar-refractivity contribution in [3.63, 3.8) is 0 Å². The average Bonchev–Trinajstić information content (AvgIpc) is 2.14. The molecule has 0 aromatic rings. The van der Waals surface area contributed by atoms with Crippen molar-refractivity contribution in [1.29, 1.82) is 0 Å². The van der Waals surface area contributed by atoms with E-state index in [2.05, 4.69) is 0 Å². The number of carbonyl (C=O) groups is 2. The summed E-state index contributed by atoms with van der Waals surface area (Å²) in [5, 5.41) is 9.01. The van der Waals surface area contributed by atoms with Crippen LogP contribution in [0.2, 0.25) is 0 Å². The number of aliphatic hydroxyl groups is 1. The van der Waals surface area contributed by atoms with Gasteiger partial charge in [-0.05, 0) is 18.8 Å². The number of carbonyl (C=O) groups excluding carboxylic acids is 2. The van der Waals surface area contributed by atoms with Crippen molar-refractivity contribution in [2.75, 3.05) is 6.61 Å². The number of hydrogen-bond acceptors (Lipinski definition) is 3. The fourth-order valence-corrected chi connectivity index (χ4v) is 1.87. The third-order valence-electron chi connectivity index (χ3n) is 3.10. The molecule has 0 radical (unpaired) electrons. The highest BCUT2D eigenvalue weighted by molar-refractivity contribution is 5.98. The van der Waals surface area contributed by atoms with Gasteiger partial charge in [-0.3, -0.25) is 14.5 Å². The maximum Gasteiger partial charge on any atom is 0.229 e. The molecule has 2 atom stereocenters. The van der Waals surface area contributed by atoms with Gasteiger partial charge in [-0.25, -0.2) is 0 Å². The highest BCUT2D eigenvalue weighted by atomic mass is 16.3. The monoisotopic (exact) mass is 213 g/mol. The summed E-state index contributed by atoms with van der Waals surface area (Å²) in [6.45, 7) is 5.55. The molecule has 1 fully saturated rings. The molecule has 1 heterocycles. The van der Waals surface area contributed by atoms with Crippen molar-refractivity contribution in [2.45, 2.75) is 39.7 Å². The van der Waals surface area contributed by atoms with E-state index in [4.69, 9.17) is 5.11 Å². The lowest BCUT2D eigenvalue weighted by Gasteiger charge is -2.35. The van der Waals surface area contributed by atoms with Crippen molar-refractivity contribution >= 4 is 11.8 Å².